The summed E-state index contributed by atoms with van der Waals surface area (Å²) in [4.78, 5) is 32.3. The zero-order valence-electron chi connectivity index (χ0n) is 24.6. The molecule has 12 heteroatoms. The molecule has 0 unspecified atom stereocenters. The van der Waals surface area contributed by atoms with Gasteiger partial charge < -0.3 is 23.7 Å². The minimum absolute atomic E-state index is 0.101. The Morgan fingerprint density at radius 3 is 2.62 bits per heavy atom. The van der Waals surface area contributed by atoms with Crippen molar-refractivity contribution < 1.29 is 28.5 Å². The molecule has 0 fully saturated rings. The molecular formula is C33H28Cl2N2O7S. The maximum atomic E-state index is 14.0. The van der Waals surface area contributed by atoms with Crippen LogP contribution in [0.4, 0.5) is 0 Å². The molecule has 0 saturated heterocycles. The average Bonchev–Trinajstić information content (AvgIpc) is 3.60. The third kappa shape index (κ3) is 6.18. The summed E-state index contributed by atoms with van der Waals surface area (Å²) in [5.74, 6) is 1.64. The van der Waals surface area contributed by atoms with E-state index in [0.717, 1.165) is 11.1 Å². The summed E-state index contributed by atoms with van der Waals surface area (Å²) in [6.45, 7) is 6.27. The number of carbonyl (C=O) groups excluding carboxylic acids is 1. The number of fused-ring (bicyclic) bond motifs is 2. The van der Waals surface area contributed by atoms with Gasteiger partial charge in [0.05, 0.1) is 35.1 Å². The lowest BCUT2D eigenvalue weighted by Gasteiger charge is -2.24. The van der Waals surface area contributed by atoms with Gasteiger partial charge in [0.15, 0.2) is 27.8 Å². The lowest BCUT2D eigenvalue weighted by molar-refractivity contribution is -0.139. The summed E-state index contributed by atoms with van der Waals surface area (Å²) < 4.78 is 30.3. The molecule has 0 bridgehead atoms. The molecule has 1 atom stereocenters. The van der Waals surface area contributed by atoms with Crippen molar-refractivity contribution in [2.24, 2.45) is 4.99 Å². The van der Waals surface area contributed by atoms with Gasteiger partial charge in [0, 0.05) is 15.6 Å². The Morgan fingerprint density at radius 1 is 1.02 bits per heavy atom. The van der Waals surface area contributed by atoms with E-state index in [2.05, 4.69) is 4.99 Å². The topological polar surface area (TPSA) is 97.6 Å². The van der Waals surface area contributed by atoms with Crippen LogP contribution in [0.15, 0.2) is 75.7 Å². The Balaban J connectivity index is 1.39. The van der Waals surface area contributed by atoms with Crippen molar-refractivity contribution in [2.45, 2.75) is 33.4 Å². The van der Waals surface area contributed by atoms with Gasteiger partial charge >= 0.3 is 5.97 Å². The largest absolute Gasteiger partial charge is 0.490 e. The summed E-state index contributed by atoms with van der Waals surface area (Å²) in [5.41, 5.74) is 2.64. The van der Waals surface area contributed by atoms with Gasteiger partial charge in [-0.25, -0.2) is 9.79 Å². The average molecular weight is 668 g/mol. The van der Waals surface area contributed by atoms with Crippen molar-refractivity contribution in [2.75, 3.05) is 20.0 Å². The number of esters is 1. The minimum atomic E-state index is -0.772. The van der Waals surface area contributed by atoms with Crippen LogP contribution in [0.1, 0.15) is 43.5 Å². The monoisotopic (exact) mass is 666 g/mol. The van der Waals surface area contributed by atoms with Crippen molar-refractivity contribution in [3.63, 3.8) is 0 Å². The van der Waals surface area contributed by atoms with Crippen molar-refractivity contribution >= 4 is 46.6 Å². The Labute approximate surface area is 272 Å². The van der Waals surface area contributed by atoms with E-state index in [0.29, 0.717) is 60.2 Å². The molecule has 0 spiro atoms. The Hall–Kier alpha value is -4.25. The third-order valence-electron chi connectivity index (χ3n) is 7.19. The van der Waals surface area contributed by atoms with Crippen molar-refractivity contribution in [1.29, 1.82) is 0 Å². The molecule has 9 nitrogen and oxygen atoms in total. The molecule has 3 aromatic carbocycles. The highest BCUT2D eigenvalue weighted by Gasteiger charge is 2.34. The Kier molecular flexibility index (Phi) is 8.89. The minimum Gasteiger partial charge on any atom is -0.490 e. The molecule has 0 saturated carbocycles. The van der Waals surface area contributed by atoms with Crippen LogP contribution in [-0.2, 0) is 16.1 Å². The number of nitrogens with zero attached hydrogens (tertiary/aromatic N) is 2. The predicted molar refractivity (Wildman–Crippen MR) is 171 cm³/mol. The van der Waals surface area contributed by atoms with Gasteiger partial charge in [-0.3, -0.25) is 9.36 Å². The summed E-state index contributed by atoms with van der Waals surface area (Å²) in [7, 11) is 0. The van der Waals surface area contributed by atoms with Gasteiger partial charge in [0.25, 0.3) is 5.56 Å². The summed E-state index contributed by atoms with van der Waals surface area (Å²) in [6, 6.07) is 15.3. The highest BCUT2D eigenvalue weighted by Crippen LogP contribution is 2.38. The molecule has 0 aliphatic carbocycles. The number of benzene rings is 3. The summed E-state index contributed by atoms with van der Waals surface area (Å²) in [5, 5.41) is 1.05. The van der Waals surface area contributed by atoms with Crippen LogP contribution in [0.5, 0.6) is 23.0 Å². The van der Waals surface area contributed by atoms with Crippen molar-refractivity contribution in [1.82, 2.24) is 4.57 Å². The first-order chi connectivity index (χ1) is 21.8. The van der Waals surface area contributed by atoms with Crippen LogP contribution in [0, 0.1) is 0 Å². The molecule has 1 aromatic heterocycles. The summed E-state index contributed by atoms with van der Waals surface area (Å²) >= 11 is 13.6. The number of allylic oxidation sites excluding steroid dienone is 1. The fourth-order valence-corrected chi connectivity index (χ4v) is 6.65. The van der Waals surface area contributed by atoms with Crippen LogP contribution in [0.3, 0.4) is 0 Å². The van der Waals surface area contributed by atoms with Gasteiger partial charge in [-0.2, -0.15) is 0 Å². The first-order valence-corrected chi connectivity index (χ1v) is 15.8. The van der Waals surface area contributed by atoms with E-state index >= 15 is 0 Å². The number of carbonyl (C=O) groups is 1. The smallest absolute Gasteiger partial charge is 0.338 e. The highest BCUT2D eigenvalue weighted by molar-refractivity contribution is 7.07. The van der Waals surface area contributed by atoms with Crippen LogP contribution in [-0.4, -0.2) is 30.5 Å². The lowest BCUT2D eigenvalue weighted by Crippen LogP contribution is -2.39. The molecule has 0 amide bonds. The normalized spacial score (nSPS) is 15.5. The molecule has 2 aliphatic rings. The second kappa shape index (κ2) is 13.0. The van der Waals surface area contributed by atoms with E-state index in [1.165, 1.54) is 15.9 Å². The van der Waals surface area contributed by atoms with Gasteiger partial charge in [-0.05, 0) is 74.4 Å². The van der Waals surface area contributed by atoms with E-state index < -0.39 is 12.0 Å². The maximum Gasteiger partial charge on any atom is 0.338 e. The van der Waals surface area contributed by atoms with Crippen molar-refractivity contribution in [3.8, 4) is 23.0 Å². The van der Waals surface area contributed by atoms with Gasteiger partial charge in [0.2, 0.25) is 6.79 Å². The molecule has 4 aromatic rings. The molecule has 45 heavy (non-hydrogen) atoms. The molecule has 232 valence electrons. The third-order valence-corrected chi connectivity index (χ3v) is 8.76. The van der Waals surface area contributed by atoms with Gasteiger partial charge in [0.1, 0.15) is 6.61 Å². The van der Waals surface area contributed by atoms with E-state index in [9.17, 15) is 9.59 Å². The number of halogens is 2. The van der Waals surface area contributed by atoms with Crippen LogP contribution in [0.2, 0.25) is 10.0 Å². The zero-order valence-corrected chi connectivity index (χ0v) is 26.9. The van der Waals surface area contributed by atoms with Crippen LogP contribution >= 0.6 is 34.5 Å². The lowest BCUT2D eigenvalue weighted by atomic mass is 9.95. The van der Waals surface area contributed by atoms with Crippen LogP contribution < -0.4 is 33.8 Å². The van der Waals surface area contributed by atoms with Gasteiger partial charge in [-0.15, -0.1) is 0 Å². The van der Waals surface area contributed by atoms with Crippen molar-refractivity contribution in [3.05, 3.63) is 112 Å². The molecule has 2 aliphatic heterocycles. The fourth-order valence-electron chi connectivity index (χ4n) is 5.14. The number of hydrogen-bond donors (Lipinski definition) is 0. The van der Waals surface area contributed by atoms with E-state index in [-0.39, 0.29) is 31.1 Å². The maximum absolute atomic E-state index is 14.0. The number of rotatable bonds is 9. The standard InChI is InChI=1S/C33H28Cl2N2O7S/c1-4-40-26-12-19(6-10-24(26)42-16-21-7-9-22(34)15-23(21)35)13-28-31(38)37-30(20-8-11-25-27(14-20)44-17-43-25)29(32(39)41-5-2)18(3)36-33(37)45-28/h6-15,30H,4-5,16-17H2,1-3H3/b28-13-/t30-/m0/s1. The molecule has 3 heterocycles. The molecule has 0 radical (unpaired) electrons. The number of thiazole rings is 1. The highest BCUT2D eigenvalue weighted by atomic mass is 35.5. The molecule has 6 rings (SSSR count). The number of ether oxygens (including phenoxy) is 5. The van der Waals surface area contributed by atoms with Gasteiger partial charge in [-0.1, -0.05) is 52.7 Å². The predicted octanol–water partition coefficient (Wildman–Crippen LogP) is 5.81. The first-order valence-electron chi connectivity index (χ1n) is 14.2. The first kappa shape index (κ1) is 30.8. The second-order valence-electron chi connectivity index (χ2n) is 10.1. The van der Waals surface area contributed by atoms with E-state index in [1.54, 1.807) is 50.3 Å². The molecular weight excluding hydrogens is 639 g/mol. The van der Waals surface area contributed by atoms with Crippen LogP contribution in [0.25, 0.3) is 6.08 Å². The molecule has 0 N–H and O–H groups in total. The van der Waals surface area contributed by atoms with E-state index in [4.69, 9.17) is 46.9 Å². The number of hydrogen-bond acceptors (Lipinski definition) is 9. The Morgan fingerprint density at radius 2 is 1.84 bits per heavy atom. The quantitative estimate of drug-likeness (QED) is 0.208. The SMILES string of the molecule is CCOC(=O)C1=C(C)N=c2s/c(=C\c3ccc(OCc4ccc(Cl)cc4Cl)c(OCC)c3)c(=O)n2[C@H]1c1ccc2c(c1)OCO2. The Bertz CT molecular complexity index is 2020. The summed E-state index contributed by atoms with van der Waals surface area (Å²) in [6.07, 6.45) is 1.77. The number of aromatic nitrogens is 1. The zero-order chi connectivity index (χ0) is 31.7. The van der Waals surface area contributed by atoms with E-state index in [1.807, 2.05) is 31.2 Å². The second-order valence-corrected chi connectivity index (χ2v) is 11.9. The fraction of sp³-hybridized carbons (Fsp3) is 0.242.